The topological polar surface area (TPSA) is 60.7 Å². The number of rotatable bonds is 7. The van der Waals surface area contributed by atoms with Crippen LogP contribution in [0.5, 0.6) is 11.5 Å². The highest BCUT2D eigenvalue weighted by Crippen LogP contribution is 2.38. The van der Waals surface area contributed by atoms with E-state index in [-0.39, 0.29) is 5.91 Å². The molecule has 4 aromatic rings. The number of hydrogen-bond acceptors (Lipinski definition) is 4. The van der Waals surface area contributed by atoms with Gasteiger partial charge in [0.05, 0.1) is 7.11 Å². The van der Waals surface area contributed by atoms with Crippen LogP contribution >= 0.6 is 0 Å². The standard InChI is InChI=1S/C29H29NO4/c1-18(25-16-26-19(2)21(4)34-29(26)20(3)28(25)32-5)15-27(31)30-23-11-13-24(14-12-23)33-17-22-9-7-6-8-10-22/h6-16H,17H2,1-5H3,(H,30,31)/b18-15+. The molecule has 0 atom stereocenters. The van der Waals surface area contributed by atoms with Gasteiger partial charge in [-0.05, 0) is 74.7 Å². The number of methoxy groups -OCH3 is 1. The summed E-state index contributed by atoms with van der Waals surface area (Å²) in [6.07, 6.45) is 1.59. The molecule has 0 saturated heterocycles. The van der Waals surface area contributed by atoms with Crippen LogP contribution in [0.3, 0.4) is 0 Å². The molecule has 1 amide bonds. The summed E-state index contributed by atoms with van der Waals surface area (Å²) < 4.78 is 17.4. The Labute approximate surface area is 200 Å². The van der Waals surface area contributed by atoms with E-state index in [1.54, 1.807) is 13.2 Å². The van der Waals surface area contributed by atoms with E-state index in [9.17, 15) is 4.79 Å². The third-order valence-corrected chi connectivity index (χ3v) is 5.99. The second kappa shape index (κ2) is 9.87. The average molecular weight is 456 g/mol. The van der Waals surface area contributed by atoms with E-state index in [4.69, 9.17) is 13.9 Å². The van der Waals surface area contributed by atoms with E-state index in [1.165, 1.54) is 0 Å². The van der Waals surface area contributed by atoms with Gasteiger partial charge in [-0.2, -0.15) is 0 Å². The van der Waals surface area contributed by atoms with Crippen molar-refractivity contribution < 1.29 is 18.7 Å². The molecule has 1 heterocycles. The number of furan rings is 1. The van der Waals surface area contributed by atoms with Gasteiger partial charge in [0.25, 0.3) is 0 Å². The van der Waals surface area contributed by atoms with Crippen LogP contribution < -0.4 is 14.8 Å². The zero-order valence-corrected chi connectivity index (χ0v) is 20.2. The molecule has 0 saturated carbocycles. The Hall–Kier alpha value is -3.99. The Kier molecular flexibility index (Phi) is 6.73. The smallest absolute Gasteiger partial charge is 0.248 e. The van der Waals surface area contributed by atoms with Crippen molar-refractivity contribution >= 4 is 28.1 Å². The Balaban J connectivity index is 1.48. The number of carbonyl (C=O) groups is 1. The number of carbonyl (C=O) groups excluding carboxylic acids is 1. The van der Waals surface area contributed by atoms with Gasteiger partial charge in [0.1, 0.15) is 29.4 Å². The lowest BCUT2D eigenvalue weighted by Gasteiger charge is -2.13. The van der Waals surface area contributed by atoms with Gasteiger partial charge in [-0.1, -0.05) is 30.3 Å². The van der Waals surface area contributed by atoms with Crippen LogP contribution in [0.25, 0.3) is 16.5 Å². The summed E-state index contributed by atoms with van der Waals surface area (Å²) >= 11 is 0. The highest BCUT2D eigenvalue weighted by Gasteiger charge is 2.18. The van der Waals surface area contributed by atoms with Crippen molar-refractivity contribution in [2.75, 3.05) is 12.4 Å². The molecule has 174 valence electrons. The first-order chi connectivity index (χ1) is 16.4. The van der Waals surface area contributed by atoms with Crippen LogP contribution in [0.2, 0.25) is 0 Å². The molecule has 0 bridgehead atoms. The van der Waals surface area contributed by atoms with Gasteiger partial charge in [0.15, 0.2) is 0 Å². The minimum Gasteiger partial charge on any atom is -0.496 e. The van der Waals surface area contributed by atoms with Crippen molar-refractivity contribution in [3.8, 4) is 11.5 Å². The quantitative estimate of drug-likeness (QED) is 0.305. The van der Waals surface area contributed by atoms with E-state index >= 15 is 0 Å². The molecule has 1 aromatic heterocycles. The summed E-state index contributed by atoms with van der Waals surface area (Å²) in [5, 5.41) is 3.95. The second-order valence-electron chi connectivity index (χ2n) is 8.36. The SMILES string of the molecule is COc1c(/C(C)=C/C(=O)Nc2ccc(OCc3ccccc3)cc2)cc2c(C)c(C)oc2c1C. The number of fused-ring (bicyclic) bond motifs is 1. The van der Waals surface area contributed by atoms with Crippen molar-refractivity contribution in [2.24, 2.45) is 0 Å². The molecular formula is C29H29NO4. The van der Waals surface area contributed by atoms with E-state index in [2.05, 4.69) is 5.32 Å². The first kappa shape index (κ1) is 23.2. The largest absolute Gasteiger partial charge is 0.496 e. The molecule has 5 nitrogen and oxygen atoms in total. The van der Waals surface area contributed by atoms with Crippen LogP contribution in [-0.2, 0) is 11.4 Å². The van der Waals surface area contributed by atoms with Gasteiger partial charge in [-0.15, -0.1) is 0 Å². The van der Waals surface area contributed by atoms with Gasteiger partial charge in [-0.25, -0.2) is 0 Å². The van der Waals surface area contributed by atoms with Crippen LogP contribution in [0.1, 0.15) is 34.9 Å². The number of anilines is 1. The zero-order valence-electron chi connectivity index (χ0n) is 20.2. The maximum absolute atomic E-state index is 12.7. The third kappa shape index (κ3) is 4.84. The predicted octanol–water partition coefficient (Wildman–Crippen LogP) is 6.99. The molecule has 0 aliphatic rings. The molecule has 0 unspecified atom stereocenters. The molecule has 34 heavy (non-hydrogen) atoms. The highest BCUT2D eigenvalue weighted by atomic mass is 16.5. The molecule has 5 heteroatoms. The number of hydrogen-bond donors (Lipinski definition) is 1. The number of allylic oxidation sites excluding steroid dienone is 1. The number of nitrogens with one attached hydrogen (secondary N) is 1. The first-order valence-corrected chi connectivity index (χ1v) is 11.2. The lowest BCUT2D eigenvalue weighted by atomic mass is 9.98. The second-order valence-corrected chi connectivity index (χ2v) is 8.36. The lowest BCUT2D eigenvalue weighted by molar-refractivity contribution is -0.111. The summed E-state index contributed by atoms with van der Waals surface area (Å²) in [5.41, 5.74) is 6.31. The molecule has 0 aliphatic heterocycles. The van der Waals surface area contributed by atoms with Crippen molar-refractivity contribution in [3.05, 3.63) is 94.8 Å². The fourth-order valence-corrected chi connectivity index (χ4v) is 4.00. The van der Waals surface area contributed by atoms with Crippen LogP contribution in [0, 0.1) is 20.8 Å². The van der Waals surface area contributed by atoms with Crippen LogP contribution in [0.4, 0.5) is 5.69 Å². The van der Waals surface area contributed by atoms with E-state index in [0.717, 1.165) is 50.3 Å². The summed E-state index contributed by atoms with van der Waals surface area (Å²) in [5.74, 6) is 2.12. The molecule has 0 fully saturated rings. The summed E-state index contributed by atoms with van der Waals surface area (Å²) in [6.45, 7) is 8.37. The summed E-state index contributed by atoms with van der Waals surface area (Å²) in [7, 11) is 1.63. The fraction of sp³-hybridized carbons (Fsp3) is 0.207. The summed E-state index contributed by atoms with van der Waals surface area (Å²) in [6, 6.07) is 19.4. The maximum atomic E-state index is 12.7. The number of ether oxygens (including phenoxy) is 2. The van der Waals surface area contributed by atoms with Gasteiger partial charge < -0.3 is 19.2 Å². The average Bonchev–Trinajstić information content (AvgIpc) is 3.13. The van der Waals surface area contributed by atoms with E-state index in [1.807, 2.05) is 88.4 Å². The fourth-order valence-electron chi connectivity index (χ4n) is 4.00. The third-order valence-electron chi connectivity index (χ3n) is 5.99. The Morgan fingerprint density at radius 2 is 1.71 bits per heavy atom. The molecule has 0 radical (unpaired) electrons. The van der Waals surface area contributed by atoms with Gasteiger partial charge in [0.2, 0.25) is 5.91 Å². The zero-order chi connectivity index (χ0) is 24.2. The molecule has 3 aromatic carbocycles. The van der Waals surface area contributed by atoms with Gasteiger partial charge in [0, 0.05) is 28.3 Å². The molecule has 0 aliphatic carbocycles. The minimum absolute atomic E-state index is 0.213. The van der Waals surface area contributed by atoms with Crippen molar-refractivity contribution in [3.63, 3.8) is 0 Å². The maximum Gasteiger partial charge on any atom is 0.248 e. The summed E-state index contributed by atoms with van der Waals surface area (Å²) in [4.78, 5) is 12.7. The van der Waals surface area contributed by atoms with Crippen molar-refractivity contribution in [2.45, 2.75) is 34.3 Å². The van der Waals surface area contributed by atoms with E-state index < -0.39 is 0 Å². The highest BCUT2D eigenvalue weighted by molar-refractivity contribution is 6.05. The van der Waals surface area contributed by atoms with Gasteiger partial charge >= 0.3 is 0 Å². The monoisotopic (exact) mass is 455 g/mol. The normalized spacial score (nSPS) is 11.5. The minimum atomic E-state index is -0.213. The number of amides is 1. The van der Waals surface area contributed by atoms with Crippen molar-refractivity contribution in [1.29, 1.82) is 0 Å². The van der Waals surface area contributed by atoms with Gasteiger partial charge in [-0.3, -0.25) is 4.79 Å². The van der Waals surface area contributed by atoms with Crippen molar-refractivity contribution in [1.82, 2.24) is 0 Å². The Morgan fingerprint density at radius 3 is 2.38 bits per heavy atom. The number of aryl methyl sites for hydroxylation is 3. The number of benzene rings is 3. The molecule has 4 rings (SSSR count). The first-order valence-electron chi connectivity index (χ1n) is 11.2. The predicted molar refractivity (Wildman–Crippen MR) is 136 cm³/mol. The molecular weight excluding hydrogens is 426 g/mol. The lowest BCUT2D eigenvalue weighted by Crippen LogP contribution is -2.08. The Morgan fingerprint density at radius 1 is 1.00 bits per heavy atom. The molecule has 1 N–H and O–H groups in total. The van der Waals surface area contributed by atoms with Crippen LogP contribution in [-0.4, -0.2) is 13.0 Å². The van der Waals surface area contributed by atoms with Crippen LogP contribution in [0.15, 0.2) is 71.2 Å². The Bertz CT molecular complexity index is 1350. The molecule has 0 spiro atoms. The van der Waals surface area contributed by atoms with E-state index in [0.29, 0.717) is 18.0 Å².